The second-order valence-electron chi connectivity index (χ2n) is 4.28. The molecule has 1 fully saturated rings. The first-order valence-electron chi connectivity index (χ1n) is 5.56. The Balaban J connectivity index is 2.06. The van der Waals surface area contributed by atoms with Crippen molar-refractivity contribution >= 4 is 0 Å². The highest BCUT2D eigenvalue weighted by Gasteiger charge is 2.15. The minimum atomic E-state index is -0.264. The summed E-state index contributed by atoms with van der Waals surface area (Å²) in [5.74, 6) is 0.653. The van der Waals surface area contributed by atoms with Crippen LogP contribution < -0.4 is 0 Å². The van der Waals surface area contributed by atoms with Gasteiger partial charge in [0.2, 0.25) is 0 Å². The summed E-state index contributed by atoms with van der Waals surface area (Å²) in [4.78, 5) is 0. The van der Waals surface area contributed by atoms with Crippen molar-refractivity contribution in [3.8, 4) is 0 Å². The van der Waals surface area contributed by atoms with E-state index in [9.17, 15) is 0 Å². The average Bonchev–Trinajstić information content (AvgIpc) is 2.15. The Bertz CT molecular complexity index is 141. The molecule has 0 amide bonds. The van der Waals surface area contributed by atoms with Gasteiger partial charge in [-0.3, -0.25) is 0 Å². The topological polar surface area (TPSA) is 38.7 Å². The van der Waals surface area contributed by atoms with Crippen molar-refractivity contribution in [1.29, 1.82) is 0 Å². The fourth-order valence-corrected chi connectivity index (χ4v) is 1.76. The first kappa shape index (κ1) is 12.0. The number of aliphatic hydroxyl groups is 1. The van der Waals surface area contributed by atoms with Crippen LogP contribution in [-0.2, 0) is 9.47 Å². The molecule has 1 rings (SSSR count). The van der Waals surface area contributed by atoms with Crippen LogP contribution in [0.3, 0.4) is 0 Å². The first-order valence-corrected chi connectivity index (χ1v) is 5.56. The molecule has 0 aromatic rings. The molecule has 1 saturated heterocycles. The molecule has 0 spiro atoms. The van der Waals surface area contributed by atoms with Crippen molar-refractivity contribution in [2.75, 3.05) is 19.8 Å². The van der Waals surface area contributed by atoms with E-state index in [0.717, 1.165) is 39.1 Å². The molecule has 2 atom stereocenters. The lowest BCUT2D eigenvalue weighted by molar-refractivity contribution is -0.0190. The lowest BCUT2D eigenvalue weighted by Gasteiger charge is -2.24. The van der Waals surface area contributed by atoms with Gasteiger partial charge in [-0.15, -0.1) is 0 Å². The summed E-state index contributed by atoms with van der Waals surface area (Å²) in [6, 6.07) is 0. The van der Waals surface area contributed by atoms with Crippen molar-refractivity contribution in [3.63, 3.8) is 0 Å². The first-order chi connectivity index (χ1) is 6.68. The lowest BCUT2D eigenvalue weighted by atomic mass is 10.0. The number of ether oxygens (including phenoxy) is 2. The van der Waals surface area contributed by atoms with E-state index in [1.54, 1.807) is 6.92 Å². The van der Waals surface area contributed by atoms with Crippen LogP contribution in [0.4, 0.5) is 0 Å². The number of hydrogen-bond acceptors (Lipinski definition) is 3. The number of hydrogen-bond donors (Lipinski definition) is 1. The Morgan fingerprint density at radius 3 is 2.57 bits per heavy atom. The molecule has 0 radical (unpaired) electrons. The molecule has 3 nitrogen and oxygen atoms in total. The predicted octanol–water partition coefficient (Wildman–Crippen LogP) is 1.59. The molecule has 0 saturated carbocycles. The van der Waals surface area contributed by atoms with Crippen molar-refractivity contribution < 1.29 is 14.6 Å². The molecule has 84 valence electrons. The zero-order chi connectivity index (χ0) is 10.4. The molecule has 1 aliphatic rings. The van der Waals surface area contributed by atoms with Crippen LogP contribution >= 0.6 is 0 Å². The highest BCUT2D eigenvalue weighted by atomic mass is 16.5. The Labute approximate surface area is 86.4 Å². The standard InChI is InChI=1S/C11H22O3/c1-9(12)7-10(2)14-8-11-3-5-13-6-4-11/h9-12H,3-8H2,1-2H3. The fraction of sp³-hybridized carbons (Fsp3) is 1.00. The van der Waals surface area contributed by atoms with Gasteiger partial charge in [-0.05, 0) is 39.0 Å². The molecule has 0 bridgehead atoms. The molecule has 3 heteroatoms. The van der Waals surface area contributed by atoms with Crippen molar-refractivity contribution in [2.24, 2.45) is 5.92 Å². The molecule has 0 aromatic heterocycles. The third-order valence-corrected chi connectivity index (χ3v) is 2.63. The van der Waals surface area contributed by atoms with E-state index in [1.807, 2.05) is 6.92 Å². The van der Waals surface area contributed by atoms with E-state index in [1.165, 1.54) is 0 Å². The highest BCUT2D eigenvalue weighted by molar-refractivity contribution is 4.64. The van der Waals surface area contributed by atoms with Gasteiger partial charge in [0.1, 0.15) is 0 Å². The molecular formula is C11H22O3. The third kappa shape index (κ3) is 4.94. The van der Waals surface area contributed by atoms with Crippen LogP contribution in [0, 0.1) is 5.92 Å². The Morgan fingerprint density at radius 2 is 2.00 bits per heavy atom. The van der Waals surface area contributed by atoms with Gasteiger partial charge in [0.15, 0.2) is 0 Å². The summed E-state index contributed by atoms with van der Waals surface area (Å²) < 4.78 is 11.0. The predicted molar refractivity (Wildman–Crippen MR) is 55.3 cm³/mol. The molecule has 0 aromatic carbocycles. The lowest BCUT2D eigenvalue weighted by Crippen LogP contribution is -2.24. The van der Waals surface area contributed by atoms with Crippen molar-refractivity contribution in [1.82, 2.24) is 0 Å². The minimum absolute atomic E-state index is 0.165. The molecule has 1 aliphatic heterocycles. The van der Waals surface area contributed by atoms with E-state index >= 15 is 0 Å². The zero-order valence-electron chi connectivity index (χ0n) is 9.24. The summed E-state index contributed by atoms with van der Waals surface area (Å²) in [6.45, 7) is 6.38. The summed E-state index contributed by atoms with van der Waals surface area (Å²) in [5, 5.41) is 9.16. The maximum atomic E-state index is 9.16. The smallest absolute Gasteiger partial charge is 0.0571 e. The minimum Gasteiger partial charge on any atom is -0.393 e. The van der Waals surface area contributed by atoms with Gasteiger partial charge in [0, 0.05) is 19.8 Å². The second-order valence-corrected chi connectivity index (χ2v) is 4.28. The van der Waals surface area contributed by atoms with Crippen LogP contribution in [0.25, 0.3) is 0 Å². The van der Waals surface area contributed by atoms with Crippen LogP contribution in [0.2, 0.25) is 0 Å². The van der Waals surface area contributed by atoms with E-state index in [4.69, 9.17) is 14.6 Å². The van der Waals surface area contributed by atoms with Crippen molar-refractivity contribution in [3.05, 3.63) is 0 Å². The maximum absolute atomic E-state index is 9.16. The van der Waals surface area contributed by atoms with E-state index in [2.05, 4.69) is 0 Å². The average molecular weight is 202 g/mol. The number of aliphatic hydroxyl groups excluding tert-OH is 1. The summed E-state index contributed by atoms with van der Waals surface area (Å²) >= 11 is 0. The molecule has 2 unspecified atom stereocenters. The van der Waals surface area contributed by atoms with Gasteiger partial charge in [0.25, 0.3) is 0 Å². The summed E-state index contributed by atoms with van der Waals surface area (Å²) in [5.41, 5.74) is 0. The van der Waals surface area contributed by atoms with Gasteiger partial charge >= 0.3 is 0 Å². The van der Waals surface area contributed by atoms with Gasteiger partial charge in [0.05, 0.1) is 12.2 Å². The van der Waals surface area contributed by atoms with E-state index in [-0.39, 0.29) is 12.2 Å². The van der Waals surface area contributed by atoms with Gasteiger partial charge in [-0.25, -0.2) is 0 Å². The van der Waals surface area contributed by atoms with Crippen LogP contribution in [0.5, 0.6) is 0 Å². The highest BCUT2D eigenvalue weighted by Crippen LogP contribution is 2.16. The summed E-state index contributed by atoms with van der Waals surface area (Å²) in [6.07, 6.45) is 2.85. The van der Waals surface area contributed by atoms with Gasteiger partial charge in [-0.1, -0.05) is 0 Å². The van der Waals surface area contributed by atoms with E-state index in [0.29, 0.717) is 5.92 Å². The fourth-order valence-electron chi connectivity index (χ4n) is 1.76. The Hall–Kier alpha value is -0.120. The maximum Gasteiger partial charge on any atom is 0.0571 e. The molecular weight excluding hydrogens is 180 g/mol. The Morgan fingerprint density at radius 1 is 1.36 bits per heavy atom. The zero-order valence-corrected chi connectivity index (χ0v) is 9.24. The second kappa shape index (κ2) is 6.38. The van der Waals surface area contributed by atoms with Gasteiger partial charge < -0.3 is 14.6 Å². The number of rotatable bonds is 5. The van der Waals surface area contributed by atoms with Crippen LogP contribution in [0.15, 0.2) is 0 Å². The molecule has 0 aliphatic carbocycles. The summed E-state index contributed by atoms with van der Waals surface area (Å²) in [7, 11) is 0. The SMILES string of the molecule is CC(O)CC(C)OCC1CCOCC1. The molecule has 14 heavy (non-hydrogen) atoms. The largest absolute Gasteiger partial charge is 0.393 e. The third-order valence-electron chi connectivity index (χ3n) is 2.63. The monoisotopic (exact) mass is 202 g/mol. The molecule has 1 N–H and O–H groups in total. The van der Waals surface area contributed by atoms with E-state index < -0.39 is 0 Å². The molecule has 1 heterocycles. The normalized spacial score (nSPS) is 23.4. The van der Waals surface area contributed by atoms with Gasteiger partial charge in [-0.2, -0.15) is 0 Å². The quantitative estimate of drug-likeness (QED) is 0.735. The van der Waals surface area contributed by atoms with Crippen molar-refractivity contribution in [2.45, 2.75) is 45.3 Å². The van der Waals surface area contributed by atoms with Crippen LogP contribution in [-0.4, -0.2) is 37.1 Å². The van der Waals surface area contributed by atoms with Crippen LogP contribution in [0.1, 0.15) is 33.1 Å². The Kier molecular flexibility index (Phi) is 5.45.